The number of aromatic nitrogens is 3. The van der Waals surface area contributed by atoms with Crippen molar-refractivity contribution in [2.24, 2.45) is 0 Å². The van der Waals surface area contributed by atoms with Crippen LogP contribution in [0.25, 0.3) is 5.69 Å². The van der Waals surface area contributed by atoms with Crippen LogP contribution in [-0.4, -0.2) is 14.2 Å². The van der Waals surface area contributed by atoms with E-state index in [1.807, 2.05) is 0 Å². The summed E-state index contributed by atoms with van der Waals surface area (Å²) >= 11 is 9.05. The van der Waals surface area contributed by atoms with Crippen LogP contribution in [-0.2, 0) is 6.18 Å². The number of ether oxygens (including phenoxy) is 1. The number of nitrogens with zero attached hydrogens (tertiary/aromatic N) is 3. The second-order valence-electron chi connectivity index (χ2n) is 5.49. The highest BCUT2D eigenvalue weighted by Crippen LogP contribution is 2.32. The third-order valence-corrected chi connectivity index (χ3v) is 4.31. The molecular weight excluding hydrogens is 488 g/mol. The zero-order valence-electron chi connectivity index (χ0n) is 13.9. The van der Waals surface area contributed by atoms with Crippen LogP contribution in [0.5, 0.6) is 11.6 Å². The summed E-state index contributed by atoms with van der Waals surface area (Å²) in [5, 5.41) is -0.235. The molecule has 0 atom stereocenters. The van der Waals surface area contributed by atoms with Crippen molar-refractivity contribution in [3.8, 4) is 17.3 Å². The van der Waals surface area contributed by atoms with E-state index in [1.165, 1.54) is 6.07 Å². The van der Waals surface area contributed by atoms with Crippen molar-refractivity contribution in [2.45, 2.75) is 6.18 Å². The maximum atomic E-state index is 14.4. The van der Waals surface area contributed by atoms with E-state index < -0.39 is 34.6 Å². The summed E-state index contributed by atoms with van der Waals surface area (Å²) < 4.78 is 58.8. The lowest BCUT2D eigenvalue weighted by Gasteiger charge is -2.15. The molecule has 2 heterocycles. The summed E-state index contributed by atoms with van der Waals surface area (Å²) in [5.74, 6) is 3.83. The Morgan fingerprint density at radius 2 is 1.86 bits per heavy atom. The van der Waals surface area contributed by atoms with Gasteiger partial charge in [-0.15, -0.1) is 0 Å². The largest absolute Gasteiger partial charge is 0.437 e. The zero-order chi connectivity index (χ0) is 21.5. The molecule has 7 nitrogen and oxygen atoms in total. The van der Waals surface area contributed by atoms with E-state index in [9.17, 15) is 27.2 Å². The van der Waals surface area contributed by atoms with Crippen molar-refractivity contribution in [2.75, 3.05) is 5.84 Å². The second kappa shape index (κ2) is 7.52. The van der Waals surface area contributed by atoms with E-state index in [4.69, 9.17) is 22.2 Å². The highest BCUT2D eigenvalue weighted by molar-refractivity contribution is 9.10. The Morgan fingerprint density at radius 1 is 1.17 bits per heavy atom. The Hall–Kier alpha value is -2.86. The molecule has 29 heavy (non-hydrogen) atoms. The summed E-state index contributed by atoms with van der Waals surface area (Å²) in [6.07, 6.45) is -5.06. The van der Waals surface area contributed by atoms with Crippen LogP contribution in [0, 0.1) is 5.82 Å². The molecule has 2 N–H and O–H groups in total. The lowest BCUT2D eigenvalue weighted by molar-refractivity contribution is -0.143. The number of nitrogen functional groups attached to an aromatic ring is 1. The average molecular weight is 496 g/mol. The minimum Gasteiger partial charge on any atom is -0.437 e. The number of benzene rings is 1. The Morgan fingerprint density at radius 3 is 2.48 bits per heavy atom. The standard InChI is InChI=1S/C16H8BrClF4N4O3/c17-12-2-1-3-13(24-12)29-10-5-9(8(19)4-7(10)18)25-14(27)6-11(16(20,21)22)26(23)15(25)28/h1-6H,23H2. The van der Waals surface area contributed by atoms with Crippen molar-refractivity contribution >= 4 is 27.5 Å². The number of hydrogen-bond acceptors (Lipinski definition) is 5. The first-order chi connectivity index (χ1) is 13.5. The van der Waals surface area contributed by atoms with Gasteiger partial charge in [0, 0.05) is 18.2 Å². The Bertz CT molecular complexity index is 1230. The van der Waals surface area contributed by atoms with E-state index in [-0.39, 0.29) is 32.0 Å². The Balaban J connectivity index is 2.19. The lowest BCUT2D eigenvalue weighted by atomic mass is 10.2. The number of halogens is 6. The molecular formula is C16H8BrClF4N4O3. The van der Waals surface area contributed by atoms with Gasteiger partial charge in [0.05, 0.1) is 10.7 Å². The van der Waals surface area contributed by atoms with Crippen LogP contribution in [0.1, 0.15) is 5.69 Å². The van der Waals surface area contributed by atoms with E-state index in [2.05, 4.69) is 20.9 Å². The van der Waals surface area contributed by atoms with Crippen LogP contribution in [0.3, 0.4) is 0 Å². The summed E-state index contributed by atoms with van der Waals surface area (Å²) in [4.78, 5) is 28.4. The van der Waals surface area contributed by atoms with Gasteiger partial charge >= 0.3 is 11.9 Å². The lowest BCUT2D eigenvalue weighted by Crippen LogP contribution is -2.45. The molecule has 0 aliphatic carbocycles. The van der Waals surface area contributed by atoms with Gasteiger partial charge in [-0.05, 0) is 28.1 Å². The maximum absolute atomic E-state index is 14.4. The van der Waals surface area contributed by atoms with Crippen LogP contribution in [0.4, 0.5) is 17.6 Å². The second-order valence-corrected chi connectivity index (χ2v) is 6.71. The van der Waals surface area contributed by atoms with Gasteiger partial charge in [-0.1, -0.05) is 17.7 Å². The van der Waals surface area contributed by atoms with E-state index in [1.54, 1.807) is 12.1 Å². The summed E-state index contributed by atoms with van der Waals surface area (Å²) in [6, 6.07) is 6.31. The summed E-state index contributed by atoms with van der Waals surface area (Å²) in [6.45, 7) is 0. The molecule has 0 saturated carbocycles. The summed E-state index contributed by atoms with van der Waals surface area (Å²) in [5.41, 5.74) is -5.45. The minimum atomic E-state index is -5.06. The first-order valence-electron chi connectivity index (χ1n) is 7.50. The fraction of sp³-hybridized carbons (Fsp3) is 0.0625. The average Bonchev–Trinajstić information content (AvgIpc) is 2.61. The molecule has 152 valence electrons. The molecule has 1 aromatic carbocycles. The minimum absolute atomic E-state index is 0.0369. The quantitative estimate of drug-likeness (QED) is 0.341. The molecule has 3 rings (SSSR count). The molecule has 0 amide bonds. The van der Waals surface area contributed by atoms with Gasteiger partial charge < -0.3 is 10.6 Å². The zero-order valence-corrected chi connectivity index (χ0v) is 16.2. The molecule has 0 aliphatic heterocycles. The fourth-order valence-corrected chi connectivity index (χ4v) is 2.84. The van der Waals surface area contributed by atoms with E-state index in [0.717, 1.165) is 12.1 Å². The van der Waals surface area contributed by atoms with Gasteiger partial charge in [0.25, 0.3) is 5.56 Å². The van der Waals surface area contributed by atoms with Gasteiger partial charge in [-0.3, -0.25) is 4.79 Å². The predicted molar refractivity (Wildman–Crippen MR) is 98.4 cm³/mol. The maximum Gasteiger partial charge on any atom is 0.433 e. The molecule has 0 aliphatic rings. The van der Waals surface area contributed by atoms with Crippen LogP contribution >= 0.6 is 27.5 Å². The van der Waals surface area contributed by atoms with E-state index >= 15 is 0 Å². The van der Waals surface area contributed by atoms with Gasteiger partial charge in [0.1, 0.15) is 16.2 Å². The van der Waals surface area contributed by atoms with Crippen LogP contribution < -0.4 is 21.8 Å². The number of pyridine rings is 1. The number of alkyl halides is 3. The predicted octanol–water partition coefficient (Wildman–Crippen LogP) is 3.47. The van der Waals surface area contributed by atoms with E-state index in [0.29, 0.717) is 4.60 Å². The molecule has 3 aromatic rings. The highest BCUT2D eigenvalue weighted by atomic mass is 79.9. The Kier molecular flexibility index (Phi) is 5.41. The molecule has 0 spiro atoms. The third-order valence-electron chi connectivity index (χ3n) is 3.57. The molecule has 13 heteroatoms. The SMILES string of the molecule is Nn1c(C(F)(F)F)cc(=O)n(-c2cc(Oc3cccc(Br)n3)c(Cl)cc2F)c1=O. The van der Waals surface area contributed by atoms with Gasteiger partial charge in [0.15, 0.2) is 5.69 Å². The topological polar surface area (TPSA) is 92.1 Å². The number of nitrogens with two attached hydrogens (primary N) is 1. The monoisotopic (exact) mass is 494 g/mol. The van der Waals surface area contributed by atoms with Gasteiger partial charge in [-0.25, -0.2) is 23.4 Å². The molecule has 2 aromatic heterocycles. The number of rotatable bonds is 3. The van der Waals surface area contributed by atoms with Crippen LogP contribution in [0.15, 0.2) is 50.6 Å². The molecule has 0 unspecified atom stereocenters. The first kappa shape index (κ1) is 20.9. The van der Waals surface area contributed by atoms with Crippen molar-refractivity contribution in [3.05, 3.63) is 78.4 Å². The van der Waals surface area contributed by atoms with Crippen molar-refractivity contribution < 1.29 is 22.3 Å². The summed E-state index contributed by atoms with van der Waals surface area (Å²) in [7, 11) is 0. The highest BCUT2D eigenvalue weighted by Gasteiger charge is 2.36. The molecule has 0 radical (unpaired) electrons. The van der Waals surface area contributed by atoms with Gasteiger partial charge in [-0.2, -0.15) is 13.2 Å². The van der Waals surface area contributed by atoms with Crippen molar-refractivity contribution in [1.82, 2.24) is 14.2 Å². The number of hydrogen-bond donors (Lipinski definition) is 1. The normalized spacial score (nSPS) is 11.5. The first-order valence-corrected chi connectivity index (χ1v) is 8.67. The molecule has 0 bridgehead atoms. The van der Waals surface area contributed by atoms with Gasteiger partial charge in [0.2, 0.25) is 5.88 Å². The molecule has 0 fully saturated rings. The smallest absolute Gasteiger partial charge is 0.433 e. The van der Waals surface area contributed by atoms with Crippen molar-refractivity contribution in [3.63, 3.8) is 0 Å². The fourth-order valence-electron chi connectivity index (χ4n) is 2.32. The molecule has 0 saturated heterocycles. The Labute approximate surface area is 172 Å². The van der Waals surface area contributed by atoms with Crippen LogP contribution in [0.2, 0.25) is 5.02 Å². The van der Waals surface area contributed by atoms with Crippen molar-refractivity contribution in [1.29, 1.82) is 0 Å². The third kappa shape index (κ3) is 4.12.